The molecule has 28 heavy (non-hydrogen) atoms. The Bertz CT molecular complexity index is 919. The molecule has 5 nitrogen and oxygen atoms in total. The standard InChI is InChI=1S/C19H22ClFN2O3S2/c1-13(2)23-28(25,26)16-8-9-18(20)17(12-16)19(24)22-10-3-11-27-15-6-4-14(21)5-7-15/h4-9,12-13,23H,3,10-11H2,1-2H3,(H,22,24). The van der Waals surface area contributed by atoms with E-state index in [0.29, 0.717) is 13.0 Å². The first kappa shape index (κ1) is 22.7. The number of halogens is 2. The van der Waals surface area contributed by atoms with Gasteiger partial charge in [-0.1, -0.05) is 11.6 Å². The van der Waals surface area contributed by atoms with Gasteiger partial charge in [0.05, 0.1) is 15.5 Å². The van der Waals surface area contributed by atoms with Crippen molar-refractivity contribution < 1.29 is 17.6 Å². The summed E-state index contributed by atoms with van der Waals surface area (Å²) in [7, 11) is -3.71. The number of nitrogens with one attached hydrogen (secondary N) is 2. The minimum Gasteiger partial charge on any atom is -0.352 e. The summed E-state index contributed by atoms with van der Waals surface area (Å²) in [6.07, 6.45) is 0.693. The van der Waals surface area contributed by atoms with Crippen molar-refractivity contribution >= 4 is 39.3 Å². The summed E-state index contributed by atoms with van der Waals surface area (Å²) < 4.78 is 39.9. The molecule has 0 aliphatic carbocycles. The zero-order chi connectivity index (χ0) is 20.7. The van der Waals surface area contributed by atoms with E-state index >= 15 is 0 Å². The number of carbonyl (C=O) groups is 1. The van der Waals surface area contributed by atoms with Crippen LogP contribution in [0.15, 0.2) is 52.3 Å². The van der Waals surface area contributed by atoms with Crippen LogP contribution < -0.4 is 10.0 Å². The molecule has 0 aliphatic rings. The molecule has 0 aliphatic heterocycles. The van der Waals surface area contributed by atoms with E-state index < -0.39 is 15.9 Å². The van der Waals surface area contributed by atoms with E-state index in [0.717, 1.165) is 10.6 Å². The van der Waals surface area contributed by atoms with Gasteiger partial charge in [0.15, 0.2) is 0 Å². The molecule has 152 valence electrons. The van der Waals surface area contributed by atoms with E-state index in [9.17, 15) is 17.6 Å². The van der Waals surface area contributed by atoms with E-state index in [1.807, 2.05) is 0 Å². The molecule has 0 saturated heterocycles. The zero-order valence-electron chi connectivity index (χ0n) is 15.5. The number of amides is 1. The lowest BCUT2D eigenvalue weighted by Gasteiger charge is -2.12. The van der Waals surface area contributed by atoms with E-state index in [1.165, 1.54) is 30.3 Å². The van der Waals surface area contributed by atoms with Crippen LogP contribution >= 0.6 is 23.4 Å². The van der Waals surface area contributed by atoms with Crippen LogP contribution in [-0.4, -0.2) is 32.7 Å². The quantitative estimate of drug-likeness (QED) is 0.451. The number of hydrogen-bond acceptors (Lipinski definition) is 4. The fourth-order valence-electron chi connectivity index (χ4n) is 2.31. The van der Waals surface area contributed by atoms with Crippen LogP contribution in [0.3, 0.4) is 0 Å². The first-order valence-corrected chi connectivity index (χ1v) is 11.5. The molecule has 2 aromatic carbocycles. The Morgan fingerprint density at radius 3 is 2.50 bits per heavy atom. The predicted octanol–water partition coefficient (Wildman–Crippen LogP) is 4.08. The Kier molecular flexibility index (Phi) is 8.30. The highest BCUT2D eigenvalue weighted by atomic mass is 35.5. The van der Waals surface area contributed by atoms with Crippen molar-refractivity contribution in [2.24, 2.45) is 0 Å². The number of thioether (sulfide) groups is 1. The Hall–Kier alpha value is -1.61. The third-order valence-electron chi connectivity index (χ3n) is 3.57. The van der Waals surface area contributed by atoms with Gasteiger partial charge in [0.1, 0.15) is 5.82 Å². The fourth-order valence-corrected chi connectivity index (χ4v) is 4.65. The van der Waals surface area contributed by atoms with Gasteiger partial charge in [-0.05, 0) is 68.5 Å². The summed E-state index contributed by atoms with van der Waals surface area (Å²) in [5, 5.41) is 2.92. The molecule has 0 unspecified atom stereocenters. The molecular weight excluding hydrogens is 423 g/mol. The summed E-state index contributed by atoms with van der Waals surface area (Å²) in [6.45, 7) is 3.83. The van der Waals surface area contributed by atoms with Gasteiger partial charge >= 0.3 is 0 Å². The second-order valence-corrected chi connectivity index (χ2v) is 9.62. The van der Waals surface area contributed by atoms with Crippen LogP contribution in [0.25, 0.3) is 0 Å². The molecule has 0 fully saturated rings. The van der Waals surface area contributed by atoms with Crippen molar-refractivity contribution in [3.63, 3.8) is 0 Å². The average molecular weight is 445 g/mol. The van der Waals surface area contributed by atoms with Gasteiger partial charge in [-0.15, -0.1) is 11.8 Å². The topological polar surface area (TPSA) is 75.3 Å². The van der Waals surface area contributed by atoms with Crippen molar-refractivity contribution in [2.45, 2.75) is 36.1 Å². The highest BCUT2D eigenvalue weighted by molar-refractivity contribution is 7.99. The molecule has 0 atom stereocenters. The minimum atomic E-state index is -3.71. The lowest BCUT2D eigenvalue weighted by Crippen LogP contribution is -2.31. The molecule has 0 aromatic heterocycles. The van der Waals surface area contributed by atoms with Crippen LogP contribution in [0.5, 0.6) is 0 Å². The molecule has 2 N–H and O–H groups in total. The van der Waals surface area contributed by atoms with E-state index in [-0.39, 0.29) is 27.3 Å². The fraction of sp³-hybridized carbons (Fsp3) is 0.316. The number of carbonyl (C=O) groups excluding carboxylic acids is 1. The maximum atomic E-state index is 12.9. The third-order valence-corrected chi connectivity index (χ3v) is 6.66. The zero-order valence-corrected chi connectivity index (χ0v) is 17.9. The van der Waals surface area contributed by atoms with Gasteiger partial charge < -0.3 is 5.32 Å². The summed E-state index contributed by atoms with van der Waals surface area (Å²) in [6, 6.07) is 9.99. The van der Waals surface area contributed by atoms with E-state index in [4.69, 9.17) is 11.6 Å². The van der Waals surface area contributed by atoms with Gasteiger partial charge in [0.25, 0.3) is 5.91 Å². The van der Waals surface area contributed by atoms with Crippen molar-refractivity contribution in [1.82, 2.24) is 10.0 Å². The Morgan fingerprint density at radius 2 is 1.86 bits per heavy atom. The summed E-state index contributed by atoms with van der Waals surface area (Å²) in [5.74, 6) is 0.0338. The second-order valence-electron chi connectivity index (χ2n) is 6.33. The van der Waals surface area contributed by atoms with E-state index in [1.54, 1.807) is 37.7 Å². The Labute approximate surface area is 174 Å². The molecule has 1 amide bonds. The molecule has 0 radical (unpaired) electrons. The van der Waals surface area contributed by atoms with Crippen molar-refractivity contribution in [1.29, 1.82) is 0 Å². The summed E-state index contributed by atoms with van der Waals surface area (Å²) >= 11 is 7.63. The first-order chi connectivity index (χ1) is 13.2. The highest BCUT2D eigenvalue weighted by Crippen LogP contribution is 2.21. The van der Waals surface area contributed by atoms with Gasteiger partial charge in [0, 0.05) is 17.5 Å². The summed E-state index contributed by atoms with van der Waals surface area (Å²) in [5.41, 5.74) is 0.111. The SMILES string of the molecule is CC(C)NS(=O)(=O)c1ccc(Cl)c(C(=O)NCCCSc2ccc(F)cc2)c1. The molecule has 0 bridgehead atoms. The molecule has 2 rings (SSSR count). The van der Waals surface area contributed by atoms with Gasteiger partial charge in [-0.2, -0.15) is 0 Å². The molecule has 2 aromatic rings. The first-order valence-electron chi connectivity index (χ1n) is 8.67. The lowest BCUT2D eigenvalue weighted by molar-refractivity contribution is 0.0953. The maximum Gasteiger partial charge on any atom is 0.252 e. The monoisotopic (exact) mass is 444 g/mol. The molecule has 9 heteroatoms. The normalized spacial score (nSPS) is 11.6. The highest BCUT2D eigenvalue weighted by Gasteiger charge is 2.19. The van der Waals surface area contributed by atoms with Crippen LogP contribution in [0.1, 0.15) is 30.6 Å². The Morgan fingerprint density at radius 1 is 1.18 bits per heavy atom. The van der Waals surface area contributed by atoms with E-state index in [2.05, 4.69) is 10.0 Å². The number of benzene rings is 2. The lowest BCUT2D eigenvalue weighted by atomic mass is 10.2. The average Bonchev–Trinajstić information content (AvgIpc) is 2.62. The maximum absolute atomic E-state index is 12.9. The minimum absolute atomic E-state index is 0.0115. The van der Waals surface area contributed by atoms with Gasteiger partial charge in [-0.25, -0.2) is 17.5 Å². The summed E-state index contributed by atoms with van der Waals surface area (Å²) in [4.78, 5) is 13.3. The molecule has 0 saturated carbocycles. The molecule has 0 spiro atoms. The van der Waals surface area contributed by atoms with Crippen molar-refractivity contribution in [3.8, 4) is 0 Å². The number of rotatable bonds is 9. The van der Waals surface area contributed by atoms with Crippen LogP contribution in [0.4, 0.5) is 4.39 Å². The van der Waals surface area contributed by atoms with Gasteiger partial charge in [-0.3, -0.25) is 4.79 Å². The smallest absolute Gasteiger partial charge is 0.252 e. The largest absolute Gasteiger partial charge is 0.352 e. The van der Waals surface area contributed by atoms with Crippen LogP contribution in [0, 0.1) is 5.82 Å². The predicted molar refractivity (Wildman–Crippen MR) is 111 cm³/mol. The van der Waals surface area contributed by atoms with Crippen LogP contribution in [0.2, 0.25) is 5.02 Å². The molecular formula is C19H22ClFN2O3S2. The van der Waals surface area contributed by atoms with Crippen molar-refractivity contribution in [2.75, 3.05) is 12.3 Å². The number of sulfonamides is 1. The number of hydrogen-bond donors (Lipinski definition) is 2. The second kappa shape index (κ2) is 10.2. The Balaban J connectivity index is 1.91. The molecule has 0 heterocycles. The van der Waals surface area contributed by atoms with Crippen LogP contribution in [-0.2, 0) is 10.0 Å². The van der Waals surface area contributed by atoms with Crippen molar-refractivity contribution in [3.05, 3.63) is 58.9 Å². The van der Waals surface area contributed by atoms with Gasteiger partial charge in [0.2, 0.25) is 10.0 Å². The third kappa shape index (κ3) is 6.77.